The summed E-state index contributed by atoms with van der Waals surface area (Å²) in [6.07, 6.45) is 5.09. The molecule has 0 aliphatic heterocycles. The van der Waals surface area contributed by atoms with Gasteiger partial charge in [-0.2, -0.15) is 0 Å². The molecule has 0 amide bonds. The molecule has 0 heterocycles. The fourth-order valence-corrected chi connectivity index (χ4v) is 2.81. The molecule has 0 aromatic heterocycles. The number of ether oxygens (including phenoxy) is 1. The van der Waals surface area contributed by atoms with Gasteiger partial charge in [0, 0.05) is 12.1 Å². The van der Waals surface area contributed by atoms with E-state index in [4.69, 9.17) is 4.74 Å². The van der Waals surface area contributed by atoms with Crippen LogP contribution in [0.25, 0.3) is 0 Å². The number of hydrogen-bond donors (Lipinski definition) is 1. The molecular weight excluding hydrogens is 265 g/mol. The molecule has 0 bridgehead atoms. The molecule has 118 valence electrons. The zero-order valence-corrected chi connectivity index (χ0v) is 13.5. The van der Waals surface area contributed by atoms with Crippen LogP contribution in [0.4, 0.5) is 4.39 Å². The second-order valence-corrected chi connectivity index (χ2v) is 7.16. The highest BCUT2D eigenvalue weighted by atomic mass is 19.1. The maximum absolute atomic E-state index is 13.5. The van der Waals surface area contributed by atoms with Crippen molar-refractivity contribution in [2.75, 3.05) is 13.2 Å². The summed E-state index contributed by atoms with van der Waals surface area (Å²) in [5.74, 6) is 0.480. The van der Waals surface area contributed by atoms with E-state index in [1.165, 1.54) is 31.7 Å². The molecule has 0 radical (unpaired) electrons. The molecule has 21 heavy (non-hydrogen) atoms. The van der Waals surface area contributed by atoms with Crippen LogP contribution in [-0.2, 0) is 4.74 Å². The van der Waals surface area contributed by atoms with Crippen molar-refractivity contribution < 1.29 is 9.13 Å². The summed E-state index contributed by atoms with van der Waals surface area (Å²) in [5.41, 5.74) is 0.951. The molecule has 1 aliphatic carbocycles. The van der Waals surface area contributed by atoms with E-state index in [0.29, 0.717) is 12.5 Å². The highest BCUT2D eigenvalue weighted by Crippen LogP contribution is 2.27. The molecule has 1 fully saturated rings. The average molecular weight is 293 g/mol. The molecule has 0 saturated heterocycles. The normalized spacial score (nSPS) is 18.1. The van der Waals surface area contributed by atoms with E-state index in [9.17, 15) is 4.39 Å². The van der Waals surface area contributed by atoms with E-state index in [2.05, 4.69) is 26.1 Å². The van der Waals surface area contributed by atoms with Crippen molar-refractivity contribution in [2.45, 2.75) is 58.1 Å². The van der Waals surface area contributed by atoms with Gasteiger partial charge in [0.2, 0.25) is 0 Å². The maximum atomic E-state index is 13.5. The second kappa shape index (κ2) is 7.37. The second-order valence-electron chi connectivity index (χ2n) is 7.16. The predicted octanol–water partition coefficient (Wildman–Crippen LogP) is 4.46. The molecule has 1 saturated carbocycles. The van der Waals surface area contributed by atoms with E-state index in [1.807, 2.05) is 6.07 Å². The zero-order valence-electron chi connectivity index (χ0n) is 13.5. The number of rotatable bonds is 6. The Labute approximate surface area is 128 Å². The van der Waals surface area contributed by atoms with Gasteiger partial charge in [-0.3, -0.25) is 0 Å². The first-order valence-electron chi connectivity index (χ1n) is 8.06. The van der Waals surface area contributed by atoms with Gasteiger partial charge in [0.1, 0.15) is 5.82 Å². The minimum atomic E-state index is -0.197. The third-order valence-electron chi connectivity index (χ3n) is 4.05. The third-order valence-corrected chi connectivity index (χ3v) is 4.05. The standard InChI is InChI=1S/C18H28FNO/c1-18(2,3)20-12-17(15-9-6-10-16(19)11-15)21-13-14-7-4-5-8-14/h6,9-11,14,17,20H,4-5,7-8,12-13H2,1-3H3. The van der Waals surface area contributed by atoms with Gasteiger partial charge < -0.3 is 10.1 Å². The molecule has 1 unspecified atom stereocenters. The van der Waals surface area contributed by atoms with Gasteiger partial charge in [0.05, 0.1) is 12.7 Å². The summed E-state index contributed by atoms with van der Waals surface area (Å²) < 4.78 is 19.6. The van der Waals surface area contributed by atoms with Gasteiger partial charge in [0.15, 0.2) is 0 Å². The van der Waals surface area contributed by atoms with Gasteiger partial charge in [-0.25, -0.2) is 4.39 Å². The maximum Gasteiger partial charge on any atom is 0.123 e. The van der Waals surface area contributed by atoms with Crippen LogP contribution >= 0.6 is 0 Å². The Morgan fingerprint density at radius 3 is 2.62 bits per heavy atom. The summed E-state index contributed by atoms with van der Waals surface area (Å²) in [6, 6.07) is 6.78. The van der Waals surface area contributed by atoms with E-state index in [-0.39, 0.29) is 17.5 Å². The van der Waals surface area contributed by atoms with Gasteiger partial charge in [-0.1, -0.05) is 25.0 Å². The third kappa shape index (κ3) is 5.76. The lowest BCUT2D eigenvalue weighted by Gasteiger charge is -2.26. The Balaban J connectivity index is 1.98. The predicted molar refractivity (Wildman–Crippen MR) is 84.8 cm³/mol. The molecule has 1 aromatic carbocycles. The van der Waals surface area contributed by atoms with Crippen molar-refractivity contribution in [3.8, 4) is 0 Å². The fraction of sp³-hybridized carbons (Fsp3) is 0.667. The summed E-state index contributed by atoms with van der Waals surface area (Å²) in [7, 11) is 0. The summed E-state index contributed by atoms with van der Waals surface area (Å²) in [5, 5.41) is 3.47. The molecule has 1 N–H and O–H groups in total. The van der Waals surface area contributed by atoms with E-state index >= 15 is 0 Å². The van der Waals surface area contributed by atoms with Crippen LogP contribution in [0.3, 0.4) is 0 Å². The molecule has 3 heteroatoms. The fourth-order valence-electron chi connectivity index (χ4n) is 2.81. The molecule has 0 spiro atoms. The van der Waals surface area contributed by atoms with E-state index in [1.54, 1.807) is 12.1 Å². The zero-order chi connectivity index (χ0) is 15.3. The van der Waals surface area contributed by atoms with Crippen LogP contribution in [0.15, 0.2) is 24.3 Å². The van der Waals surface area contributed by atoms with Crippen LogP contribution in [0.5, 0.6) is 0 Å². The minimum Gasteiger partial charge on any atom is -0.372 e. The van der Waals surface area contributed by atoms with E-state index < -0.39 is 0 Å². The van der Waals surface area contributed by atoms with Crippen LogP contribution < -0.4 is 5.32 Å². The average Bonchev–Trinajstić information content (AvgIpc) is 2.90. The van der Waals surface area contributed by atoms with E-state index in [0.717, 1.165) is 12.2 Å². The number of halogens is 1. The summed E-state index contributed by atoms with van der Waals surface area (Å²) in [6.45, 7) is 7.89. The van der Waals surface area contributed by atoms with Gasteiger partial charge in [0.25, 0.3) is 0 Å². The van der Waals surface area contributed by atoms with Crippen LogP contribution in [0, 0.1) is 11.7 Å². The largest absolute Gasteiger partial charge is 0.372 e. The number of benzene rings is 1. The highest BCUT2D eigenvalue weighted by molar-refractivity contribution is 5.19. The summed E-state index contributed by atoms with van der Waals surface area (Å²) >= 11 is 0. The Hall–Kier alpha value is -0.930. The highest BCUT2D eigenvalue weighted by Gasteiger charge is 2.20. The van der Waals surface area contributed by atoms with Crippen molar-refractivity contribution in [1.82, 2.24) is 5.32 Å². The molecule has 1 atom stereocenters. The molecular formula is C18H28FNO. The lowest BCUT2D eigenvalue weighted by Crippen LogP contribution is -2.39. The van der Waals surface area contributed by atoms with Crippen molar-refractivity contribution >= 4 is 0 Å². The van der Waals surface area contributed by atoms with Crippen LogP contribution in [0.2, 0.25) is 0 Å². The topological polar surface area (TPSA) is 21.3 Å². The number of hydrogen-bond acceptors (Lipinski definition) is 2. The Kier molecular flexibility index (Phi) is 5.77. The summed E-state index contributed by atoms with van der Waals surface area (Å²) in [4.78, 5) is 0. The van der Waals surface area contributed by atoms with Crippen molar-refractivity contribution in [3.05, 3.63) is 35.6 Å². The lowest BCUT2D eigenvalue weighted by atomic mass is 10.1. The van der Waals surface area contributed by atoms with Crippen molar-refractivity contribution in [2.24, 2.45) is 5.92 Å². The first-order valence-corrected chi connectivity index (χ1v) is 8.06. The Morgan fingerprint density at radius 1 is 1.29 bits per heavy atom. The van der Waals surface area contributed by atoms with Crippen molar-refractivity contribution in [3.63, 3.8) is 0 Å². The number of nitrogens with one attached hydrogen (secondary N) is 1. The quantitative estimate of drug-likeness (QED) is 0.836. The molecule has 1 aliphatic rings. The SMILES string of the molecule is CC(C)(C)NCC(OCC1CCCC1)c1cccc(F)c1. The van der Waals surface area contributed by atoms with Gasteiger partial charge in [-0.15, -0.1) is 0 Å². The first-order chi connectivity index (χ1) is 9.94. The van der Waals surface area contributed by atoms with Gasteiger partial charge >= 0.3 is 0 Å². The van der Waals surface area contributed by atoms with Crippen LogP contribution in [0.1, 0.15) is 58.1 Å². The Morgan fingerprint density at radius 2 is 2.00 bits per heavy atom. The minimum absolute atomic E-state index is 0.0301. The monoisotopic (exact) mass is 293 g/mol. The molecule has 2 nitrogen and oxygen atoms in total. The Bertz CT molecular complexity index is 435. The smallest absolute Gasteiger partial charge is 0.123 e. The van der Waals surface area contributed by atoms with Crippen molar-refractivity contribution in [1.29, 1.82) is 0 Å². The van der Waals surface area contributed by atoms with Crippen LogP contribution in [-0.4, -0.2) is 18.7 Å². The molecule has 2 rings (SSSR count). The first kappa shape index (κ1) is 16.4. The van der Waals surface area contributed by atoms with Gasteiger partial charge in [-0.05, 0) is 57.2 Å². The molecule has 1 aromatic rings. The lowest BCUT2D eigenvalue weighted by molar-refractivity contribution is 0.0259.